The third kappa shape index (κ3) is 2.61. The topological polar surface area (TPSA) is 60.2 Å². The molecule has 0 spiro atoms. The van der Waals surface area contributed by atoms with Crippen molar-refractivity contribution in [3.63, 3.8) is 0 Å². The molecule has 0 aliphatic heterocycles. The molecule has 2 N–H and O–H groups in total. The lowest BCUT2D eigenvalue weighted by Crippen LogP contribution is -2.56. The second-order valence-corrected chi connectivity index (χ2v) is 8.70. The molecule has 1 aromatic rings. The van der Waals surface area contributed by atoms with E-state index < -0.39 is 20.2 Å². The fourth-order valence-electron chi connectivity index (χ4n) is 3.02. The van der Waals surface area contributed by atoms with Crippen LogP contribution in [0.15, 0.2) is 35.8 Å². The molecule has 0 saturated carbocycles. The van der Waals surface area contributed by atoms with Crippen LogP contribution in [0.5, 0.6) is 0 Å². The van der Waals surface area contributed by atoms with Crippen LogP contribution in [0.3, 0.4) is 0 Å². The van der Waals surface area contributed by atoms with E-state index in [0.29, 0.717) is 11.4 Å². The Kier molecular flexibility index (Phi) is 4.69. The van der Waals surface area contributed by atoms with Gasteiger partial charge in [-0.15, -0.1) is 11.3 Å². The zero-order chi connectivity index (χ0) is 15.7. The number of unbranched alkanes of at least 4 members (excludes halogenated alkanes) is 1. The van der Waals surface area contributed by atoms with Gasteiger partial charge >= 0.3 is 0 Å². The van der Waals surface area contributed by atoms with Gasteiger partial charge in [-0.2, -0.15) is 0 Å². The molecular weight excluding hydrogens is 326 g/mol. The summed E-state index contributed by atoms with van der Waals surface area (Å²) in [7, 11) is -3.80. The molecular formula is C15H20ClNO2S2. The molecule has 6 heteroatoms. The van der Waals surface area contributed by atoms with E-state index in [4.69, 9.17) is 16.7 Å². The Morgan fingerprint density at radius 1 is 1.33 bits per heavy atom. The third-order valence-corrected chi connectivity index (χ3v) is 7.64. The number of thiophene rings is 1. The van der Waals surface area contributed by atoms with Crippen LogP contribution in [0, 0.1) is 0 Å². The number of halogens is 1. The fourth-order valence-corrected chi connectivity index (χ4v) is 6.03. The van der Waals surface area contributed by atoms with Crippen molar-refractivity contribution >= 4 is 33.0 Å². The molecule has 2 atom stereocenters. The molecule has 21 heavy (non-hydrogen) atoms. The number of allylic oxidation sites excluding steroid dienone is 3. The zero-order valence-corrected chi connectivity index (χ0v) is 14.6. The monoisotopic (exact) mass is 345 g/mol. The quantitative estimate of drug-likeness (QED) is 0.876. The first-order valence-electron chi connectivity index (χ1n) is 6.91. The lowest BCUT2D eigenvalue weighted by atomic mass is 9.70. The van der Waals surface area contributed by atoms with E-state index in [-0.39, 0.29) is 0 Å². The highest BCUT2D eigenvalue weighted by atomic mass is 35.5. The van der Waals surface area contributed by atoms with Crippen molar-refractivity contribution in [2.75, 3.05) is 0 Å². The molecule has 0 aromatic carbocycles. The van der Waals surface area contributed by atoms with Gasteiger partial charge in [-0.05, 0) is 24.8 Å². The van der Waals surface area contributed by atoms with Crippen LogP contribution >= 0.6 is 22.9 Å². The van der Waals surface area contributed by atoms with Crippen LogP contribution in [0.1, 0.15) is 38.0 Å². The maximum Gasteiger partial charge on any atom is 0.219 e. The van der Waals surface area contributed by atoms with Crippen LogP contribution in [-0.2, 0) is 15.4 Å². The van der Waals surface area contributed by atoms with Gasteiger partial charge in [-0.1, -0.05) is 55.7 Å². The molecule has 0 radical (unpaired) electrons. The minimum atomic E-state index is -3.80. The van der Waals surface area contributed by atoms with Crippen molar-refractivity contribution in [2.45, 2.75) is 43.3 Å². The Morgan fingerprint density at radius 3 is 2.52 bits per heavy atom. The largest absolute Gasteiger partial charge is 0.228 e. The predicted molar refractivity (Wildman–Crippen MR) is 90.3 cm³/mol. The highest BCUT2D eigenvalue weighted by Crippen LogP contribution is 2.50. The number of hydrogen-bond donors (Lipinski definition) is 1. The molecule has 1 aromatic heterocycles. The van der Waals surface area contributed by atoms with Crippen LogP contribution in [0.25, 0.3) is 0 Å². The summed E-state index contributed by atoms with van der Waals surface area (Å²) in [6, 6.07) is 1.80. The highest BCUT2D eigenvalue weighted by Gasteiger charge is 2.55. The molecule has 116 valence electrons. The Bertz CT molecular complexity index is 678. The summed E-state index contributed by atoms with van der Waals surface area (Å²) in [6.07, 6.45) is 9.44. The van der Waals surface area contributed by atoms with Crippen molar-refractivity contribution in [3.8, 4) is 0 Å². The maximum atomic E-state index is 12.5. The summed E-state index contributed by atoms with van der Waals surface area (Å²) < 4.78 is 23.8. The molecule has 2 rings (SSSR count). The standard InChI is InChI=1S/C15H20ClNO2S2/c1-3-4-9-15(21(17,18)19)10-6-5-8-14(15,2)13-12(16)7-11-20-13/h5-8,10-11H,3-4,9H2,1-2H3,(H2,17,18,19)/t14-,15?/m1/s1. The number of hydrogen-bond acceptors (Lipinski definition) is 3. The van der Waals surface area contributed by atoms with E-state index in [1.165, 1.54) is 11.3 Å². The second-order valence-electron chi connectivity index (χ2n) is 5.56. The van der Waals surface area contributed by atoms with E-state index in [1.54, 1.807) is 18.2 Å². The van der Waals surface area contributed by atoms with Crippen molar-refractivity contribution < 1.29 is 8.42 Å². The minimum Gasteiger partial charge on any atom is -0.228 e. The van der Waals surface area contributed by atoms with E-state index in [2.05, 4.69) is 0 Å². The SMILES string of the molecule is CCCCC1(S(N)(=O)=O)C=CC=C[C@]1(C)c1sccc1Cl. The number of rotatable bonds is 5. The Morgan fingerprint density at radius 2 is 2.00 bits per heavy atom. The Labute approximate surface area is 135 Å². The lowest BCUT2D eigenvalue weighted by molar-refractivity contribution is 0.404. The Balaban J connectivity index is 2.69. The van der Waals surface area contributed by atoms with Gasteiger partial charge in [0.25, 0.3) is 0 Å². The Hall–Kier alpha value is -0.620. The molecule has 1 aliphatic carbocycles. The van der Waals surface area contributed by atoms with Gasteiger partial charge in [0.1, 0.15) is 4.75 Å². The van der Waals surface area contributed by atoms with Gasteiger partial charge in [-0.25, -0.2) is 13.6 Å². The first kappa shape index (κ1) is 16.7. The number of nitrogens with two attached hydrogens (primary N) is 1. The van der Waals surface area contributed by atoms with Crippen molar-refractivity contribution in [3.05, 3.63) is 45.7 Å². The van der Waals surface area contributed by atoms with Crippen LogP contribution in [-0.4, -0.2) is 13.2 Å². The van der Waals surface area contributed by atoms with Crippen LogP contribution in [0.4, 0.5) is 0 Å². The lowest BCUT2D eigenvalue weighted by Gasteiger charge is -2.44. The van der Waals surface area contributed by atoms with Gasteiger partial charge in [0.05, 0.1) is 5.02 Å². The minimum absolute atomic E-state index is 0.480. The molecule has 0 fully saturated rings. The van der Waals surface area contributed by atoms with E-state index in [1.807, 2.05) is 31.4 Å². The molecule has 3 nitrogen and oxygen atoms in total. The van der Waals surface area contributed by atoms with Crippen LogP contribution < -0.4 is 5.14 Å². The highest BCUT2D eigenvalue weighted by molar-refractivity contribution is 7.90. The molecule has 1 heterocycles. The summed E-state index contributed by atoms with van der Waals surface area (Å²) in [5, 5.41) is 8.13. The first-order chi connectivity index (χ1) is 9.78. The van der Waals surface area contributed by atoms with Gasteiger partial charge in [0.15, 0.2) is 0 Å². The van der Waals surface area contributed by atoms with Gasteiger partial charge in [0, 0.05) is 10.3 Å². The van der Waals surface area contributed by atoms with Gasteiger partial charge in [-0.3, -0.25) is 0 Å². The molecule has 1 unspecified atom stereocenters. The normalized spacial score (nSPS) is 29.0. The molecule has 0 amide bonds. The van der Waals surface area contributed by atoms with Gasteiger partial charge < -0.3 is 0 Å². The maximum absolute atomic E-state index is 12.5. The molecule has 0 bridgehead atoms. The van der Waals surface area contributed by atoms with E-state index in [9.17, 15) is 8.42 Å². The van der Waals surface area contributed by atoms with E-state index >= 15 is 0 Å². The smallest absolute Gasteiger partial charge is 0.219 e. The van der Waals surface area contributed by atoms with Crippen molar-refractivity contribution in [2.24, 2.45) is 5.14 Å². The third-order valence-electron chi connectivity index (χ3n) is 4.28. The summed E-state index contributed by atoms with van der Waals surface area (Å²) in [6.45, 7) is 3.94. The average molecular weight is 346 g/mol. The predicted octanol–water partition coefficient (Wildman–Crippen LogP) is 4.00. The van der Waals surface area contributed by atoms with Crippen molar-refractivity contribution in [1.29, 1.82) is 0 Å². The summed E-state index contributed by atoms with van der Waals surface area (Å²) >= 11 is 7.76. The second kappa shape index (κ2) is 5.88. The zero-order valence-electron chi connectivity index (χ0n) is 12.2. The number of primary sulfonamides is 1. The summed E-state index contributed by atoms with van der Waals surface area (Å²) in [5.41, 5.74) is -0.754. The summed E-state index contributed by atoms with van der Waals surface area (Å²) in [4.78, 5) is 0.842. The fraction of sp³-hybridized carbons (Fsp3) is 0.467. The molecule has 1 aliphatic rings. The van der Waals surface area contributed by atoms with Gasteiger partial charge in [0.2, 0.25) is 10.0 Å². The van der Waals surface area contributed by atoms with Crippen molar-refractivity contribution in [1.82, 2.24) is 0 Å². The van der Waals surface area contributed by atoms with Crippen LogP contribution in [0.2, 0.25) is 5.02 Å². The molecule has 0 saturated heterocycles. The van der Waals surface area contributed by atoms with E-state index in [0.717, 1.165) is 17.7 Å². The average Bonchev–Trinajstić information content (AvgIpc) is 2.83. The first-order valence-corrected chi connectivity index (χ1v) is 9.72. The summed E-state index contributed by atoms with van der Waals surface area (Å²) in [5.74, 6) is 0. The number of sulfonamides is 1.